The molecule has 0 aromatic heterocycles. The third-order valence-electron chi connectivity index (χ3n) is 3.68. The van der Waals surface area contributed by atoms with Crippen LogP contribution in [0.2, 0.25) is 0 Å². The number of hydrogen-bond donors (Lipinski definition) is 0. The van der Waals surface area contributed by atoms with Crippen LogP contribution >= 0.6 is 0 Å². The Morgan fingerprint density at radius 1 is 1.23 bits per heavy atom. The second-order valence-electron chi connectivity index (χ2n) is 5.51. The number of benzene rings is 1. The number of anilines is 1. The van der Waals surface area contributed by atoms with Gasteiger partial charge in [0.15, 0.2) is 0 Å². The smallest absolute Gasteiger partial charge is 0.246 e. The van der Waals surface area contributed by atoms with Gasteiger partial charge in [-0.05, 0) is 26.0 Å². The van der Waals surface area contributed by atoms with Crippen LogP contribution in [-0.4, -0.2) is 57.8 Å². The Labute approximate surface area is 131 Å². The van der Waals surface area contributed by atoms with Crippen LogP contribution in [0.3, 0.4) is 0 Å². The van der Waals surface area contributed by atoms with Gasteiger partial charge in [-0.2, -0.15) is 0 Å². The summed E-state index contributed by atoms with van der Waals surface area (Å²) in [5, 5.41) is 0. The number of sulfonamides is 1. The van der Waals surface area contributed by atoms with Gasteiger partial charge in [0, 0.05) is 13.1 Å². The van der Waals surface area contributed by atoms with E-state index in [1.807, 2.05) is 19.1 Å². The van der Waals surface area contributed by atoms with Crippen molar-refractivity contribution < 1.29 is 17.9 Å². The van der Waals surface area contributed by atoms with E-state index in [9.17, 15) is 13.2 Å². The number of nitrogens with zero attached hydrogens (tertiary/aromatic N) is 2. The highest BCUT2D eigenvalue weighted by atomic mass is 32.2. The van der Waals surface area contributed by atoms with E-state index in [1.165, 1.54) is 4.31 Å². The minimum absolute atomic E-state index is 0.200. The summed E-state index contributed by atoms with van der Waals surface area (Å²) < 4.78 is 30.8. The molecule has 1 saturated heterocycles. The van der Waals surface area contributed by atoms with E-state index < -0.39 is 16.1 Å². The Kier molecular flexibility index (Phi) is 5.08. The number of hydrogen-bond acceptors (Lipinski definition) is 4. The van der Waals surface area contributed by atoms with Crippen LogP contribution in [0.1, 0.15) is 12.5 Å². The fourth-order valence-electron chi connectivity index (χ4n) is 2.54. The highest BCUT2D eigenvalue weighted by molar-refractivity contribution is 7.92. The zero-order valence-corrected chi connectivity index (χ0v) is 14.0. The monoisotopic (exact) mass is 326 g/mol. The second-order valence-corrected chi connectivity index (χ2v) is 7.37. The molecule has 0 radical (unpaired) electrons. The Morgan fingerprint density at radius 2 is 1.77 bits per heavy atom. The molecule has 1 amide bonds. The van der Waals surface area contributed by atoms with Crippen LogP contribution in [-0.2, 0) is 19.6 Å². The summed E-state index contributed by atoms with van der Waals surface area (Å²) in [6.07, 6.45) is 1.12. The van der Waals surface area contributed by atoms with E-state index in [0.717, 1.165) is 11.8 Å². The molecule has 1 aromatic carbocycles. The van der Waals surface area contributed by atoms with Gasteiger partial charge >= 0.3 is 0 Å². The van der Waals surface area contributed by atoms with E-state index in [-0.39, 0.29) is 5.91 Å². The largest absolute Gasteiger partial charge is 0.378 e. The van der Waals surface area contributed by atoms with Crippen molar-refractivity contribution in [2.75, 3.05) is 36.9 Å². The molecule has 1 aliphatic rings. The molecule has 0 N–H and O–H groups in total. The van der Waals surface area contributed by atoms with E-state index >= 15 is 0 Å². The van der Waals surface area contributed by atoms with E-state index in [4.69, 9.17) is 4.74 Å². The summed E-state index contributed by atoms with van der Waals surface area (Å²) in [5.41, 5.74) is 1.53. The highest BCUT2D eigenvalue weighted by Gasteiger charge is 2.32. The lowest BCUT2D eigenvalue weighted by Crippen LogP contribution is -2.52. The van der Waals surface area contributed by atoms with Gasteiger partial charge in [-0.25, -0.2) is 8.42 Å². The summed E-state index contributed by atoms with van der Waals surface area (Å²) in [6.45, 7) is 5.52. The minimum Gasteiger partial charge on any atom is -0.378 e. The van der Waals surface area contributed by atoms with Gasteiger partial charge < -0.3 is 9.64 Å². The molecule has 6 nitrogen and oxygen atoms in total. The predicted octanol–water partition coefficient (Wildman–Crippen LogP) is 1.01. The first-order valence-corrected chi connectivity index (χ1v) is 9.08. The third kappa shape index (κ3) is 3.78. The van der Waals surface area contributed by atoms with Gasteiger partial charge in [0.05, 0.1) is 25.2 Å². The number of carbonyl (C=O) groups excluding carboxylic acids is 1. The first kappa shape index (κ1) is 16.8. The van der Waals surface area contributed by atoms with Crippen molar-refractivity contribution >= 4 is 21.6 Å². The highest BCUT2D eigenvalue weighted by Crippen LogP contribution is 2.22. The van der Waals surface area contributed by atoms with Crippen LogP contribution in [0, 0.1) is 6.92 Å². The van der Waals surface area contributed by atoms with Crippen molar-refractivity contribution in [2.24, 2.45) is 0 Å². The normalized spacial score (nSPS) is 17.1. The zero-order chi connectivity index (χ0) is 16.3. The fourth-order valence-corrected chi connectivity index (χ4v) is 3.71. The molecule has 1 unspecified atom stereocenters. The van der Waals surface area contributed by atoms with Crippen LogP contribution < -0.4 is 4.31 Å². The molecule has 7 heteroatoms. The van der Waals surface area contributed by atoms with Gasteiger partial charge in [0.2, 0.25) is 15.9 Å². The SMILES string of the molecule is Cc1ccc(N(C(C)C(=O)N2CCOCC2)S(C)(=O)=O)cc1. The number of morpholine rings is 1. The van der Waals surface area contributed by atoms with Crippen molar-refractivity contribution in [1.82, 2.24) is 4.90 Å². The van der Waals surface area contributed by atoms with E-state index in [0.29, 0.717) is 32.0 Å². The maximum atomic E-state index is 12.6. The van der Waals surface area contributed by atoms with Gasteiger partial charge in [0.25, 0.3) is 0 Å². The zero-order valence-electron chi connectivity index (χ0n) is 13.2. The minimum atomic E-state index is -3.56. The van der Waals surface area contributed by atoms with Crippen molar-refractivity contribution in [3.63, 3.8) is 0 Å². The molecule has 0 spiro atoms. The quantitative estimate of drug-likeness (QED) is 0.828. The molecule has 0 saturated carbocycles. The topological polar surface area (TPSA) is 66.9 Å². The number of rotatable bonds is 4. The Bertz CT molecular complexity index is 621. The summed E-state index contributed by atoms with van der Waals surface area (Å²) in [5.74, 6) is -0.200. The van der Waals surface area contributed by atoms with Crippen molar-refractivity contribution in [2.45, 2.75) is 19.9 Å². The number of ether oxygens (including phenoxy) is 1. The van der Waals surface area contributed by atoms with Crippen molar-refractivity contribution in [3.05, 3.63) is 29.8 Å². The molecule has 1 heterocycles. The van der Waals surface area contributed by atoms with Gasteiger partial charge in [-0.3, -0.25) is 9.10 Å². The van der Waals surface area contributed by atoms with Gasteiger partial charge in [0.1, 0.15) is 6.04 Å². The average molecular weight is 326 g/mol. The average Bonchev–Trinajstić information content (AvgIpc) is 2.48. The fraction of sp³-hybridized carbons (Fsp3) is 0.533. The lowest BCUT2D eigenvalue weighted by Gasteiger charge is -2.34. The molecule has 22 heavy (non-hydrogen) atoms. The number of amides is 1. The van der Waals surface area contributed by atoms with Crippen molar-refractivity contribution in [1.29, 1.82) is 0 Å². The maximum Gasteiger partial charge on any atom is 0.246 e. The second kappa shape index (κ2) is 6.66. The lowest BCUT2D eigenvalue weighted by molar-refractivity contribution is -0.136. The van der Waals surface area contributed by atoms with Crippen LogP contribution in [0.25, 0.3) is 0 Å². The van der Waals surface area contributed by atoms with Crippen LogP contribution in [0.4, 0.5) is 5.69 Å². The molecular formula is C15H22N2O4S. The molecule has 1 aromatic rings. The predicted molar refractivity (Wildman–Crippen MR) is 85.4 cm³/mol. The van der Waals surface area contributed by atoms with Crippen molar-refractivity contribution in [3.8, 4) is 0 Å². The lowest BCUT2D eigenvalue weighted by atomic mass is 10.2. The number of carbonyl (C=O) groups is 1. The molecule has 2 rings (SSSR count). The van der Waals surface area contributed by atoms with Crippen LogP contribution in [0.5, 0.6) is 0 Å². The molecule has 122 valence electrons. The van der Waals surface area contributed by atoms with Gasteiger partial charge in [-0.1, -0.05) is 17.7 Å². The Hall–Kier alpha value is -1.60. The molecular weight excluding hydrogens is 304 g/mol. The van der Waals surface area contributed by atoms with E-state index in [1.54, 1.807) is 24.0 Å². The summed E-state index contributed by atoms with van der Waals surface area (Å²) in [4.78, 5) is 14.2. The summed E-state index contributed by atoms with van der Waals surface area (Å²) in [6, 6.07) is 6.33. The third-order valence-corrected chi connectivity index (χ3v) is 4.92. The Balaban J connectivity index is 2.29. The Morgan fingerprint density at radius 3 is 2.27 bits per heavy atom. The summed E-state index contributed by atoms with van der Waals surface area (Å²) in [7, 11) is -3.56. The van der Waals surface area contributed by atoms with Gasteiger partial charge in [-0.15, -0.1) is 0 Å². The standard InChI is InChI=1S/C15H22N2O4S/c1-12-4-6-14(7-5-12)17(22(3,19)20)13(2)15(18)16-8-10-21-11-9-16/h4-7,13H,8-11H2,1-3H3. The molecule has 0 bridgehead atoms. The van der Waals surface area contributed by atoms with Crippen LogP contribution in [0.15, 0.2) is 24.3 Å². The molecule has 1 fully saturated rings. The number of aryl methyl sites for hydroxylation is 1. The summed E-state index contributed by atoms with van der Waals surface area (Å²) >= 11 is 0. The first-order chi connectivity index (χ1) is 10.3. The molecule has 0 aliphatic carbocycles. The molecule has 1 aliphatic heterocycles. The maximum absolute atomic E-state index is 12.6. The van der Waals surface area contributed by atoms with E-state index in [2.05, 4.69) is 0 Å². The first-order valence-electron chi connectivity index (χ1n) is 7.23. The molecule has 1 atom stereocenters.